The number of hydrogen-bond acceptors (Lipinski definition) is 4. The zero-order valence-electron chi connectivity index (χ0n) is 18.5. The number of halogens is 2. The van der Waals surface area contributed by atoms with Gasteiger partial charge in [-0.2, -0.15) is 5.10 Å². The van der Waals surface area contributed by atoms with Gasteiger partial charge in [-0.15, -0.1) is 0 Å². The second-order valence-corrected chi connectivity index (χ2v) is 7.87. The highest BCUT2D eigenvalue weighted by Gasteiger charge is 2.27. The van der Waals surface area contributed by atoms with E-state index in [-0.39, 0.29) is 24.0 Å². The SMILES string of the molecule is CCC(CC)N1C=COC1c1cccc(-c2cc(C(=O)NCc3c(F)cccc3F)[nH]n2)c1. The Morgan fingerprint density at radius 2 is 1.88 bits per heavy atom. The average molecular weight is 453 g/mol. The van der Waals surface area contributed by atoms with Crippen LogP contribution >= 0.6 is 0 Å². The normalized spacial score (nSPS) is 15.2. The lowest BCUT2D eigenvalue weighted by molar-refractivity contribution is 0.0285. The van der Waals surface area contributed by atoms with Crippen LogP contribution in [0.5, 0.6) is 0 Å². The second kappa shape index (κ2) is 9.85. The Labute approximate surface area is 191 Å². The van der Waals surface area contributed by atoms with Crippen molar-refractivity contribution in [2.75, 3.05) is 0 Å². The molecule has 6 nitrogen and oxygen atoms in total. The van der Waals surface area contributed by atoms with Gasteiger partial charge in [0.05, 0.1) is 5.69 Å². The molecule has 33 heavy (non-hydrogen) atoms. The molecule has 0 aliphatic carbocycles. The minimum atomic E-state index is -0.705. The van der Waals surface area contributed by atoms with Gasteiger partial charge < -0.3 is 15.0 Å². The van der Waals surface area contributed by atoms with Crippen molar-refractivity contribution in [2.24, 2.45) is 0 Å². The van der Waals surface area contributed by atoms with Crippen molar-refractivity contribution < 1.29 is 18.3 Å². The lowest BCUT2D eigenvalue weighted by Crippen LogP contribution is -2.31. The van der Waals surface area contributed by atoms with Crippen molar-refractivity contribution in [2.45, 2.75) is 45.5 Å². The Hall–Kier alpha value is -3.68. The summed E-state index contributed by atoms with van der Waals surface area (Å²) in [6, 6.07) is 13.4. The number of carbonyl (C=O) groups excluding carboxylic acids is 1. The molecule has 8 heteroatoms. The molecule has 2 heterocycles. The second-order valence-electron chi connectivity index (χ2n) is 7.87. The third kappa shape index (κ3) is 4.74. The van der Waals surface area contributed by atoms with Crippen LogP contribution in [0.3, 0.4) is 0 Å². The van der Waals surface area contributed by atoms with Crippen LogP contribution in [0.25, 0.3) is 11.3 Å². The molecule has 1 amide bonds. The number of nitrogens with zero attached hydrogens (tertiary/aromatic N) is 2. The summed E-state index contributed by atoms with van der Waals surface area (Å²) in [6.45, 7) is 4.05. The maximum atomic E-state index is 13.8. The largest absolute Gasteiger partial charge is 0.472 e. The first-order valence-corrected chi connectivity index (χ1v) is 11.0. The average Bonchev–Trinajstić information content (AvgIpc) is 3.50. The van der Waals surface area contributed by atoms with E-state index < -0.39 is 17.5 Å². The van der Waals surface area contributed by atoms with E-state index in [4.69, 9.17) is 4.74 Å². The first kappa shape index (κ1) is 22.5. The van der Waals surface area contributed by atoms with Crippen LogP contribution in [-0.2, 0) is 11.3 Å². The number of aromatic amines is 1. The number of carbonyl (C=O) groups is 1. The van der Waals surface area contributed by atoms with Gasteiger partial charge in [0.2, 0.25) is 0 Å². The monoisotopic (exact) mass is 452 g/mol. The molecule has 0 fully saturated rings. The van der Waals surface area contributed by atoms with Crippen molar-refractivity contribution in [3.05, 3.63) is 89.4 Å². The van der Waals surface area contributed by atoms with Gasteiger partial charge >= 0.3 is 0 Å². The molecule has 1 aliphatic rings. The van der Waals surface area contributed by atoms with Crippen LogP contribution in [0, 0.1) is 11.6 Å². The fraction of sp³-hybridized carbons (Fsp3) is 0.280. The molecule has 1 aliphatic heterocycles. The molecule has 1 atom stereocenters. The van der Waals surface area contributed by atoms with E-state index >= 15 is 0 Å². The van der Waals surface area contributed by atoms with E-state index in [9.17, 15) is 13.6 Å². The summed E-state index contributed by atoms with van der Waals surface area (Å²) in [5.41, 5.74) is 2.39. The Bertz CT molecular complexity index is 1140. The molecule has 1 unspecified atom stereocenters. The lowest BCUT2D eigenvalue weighted by Gasteiger charge is -2.31. The molecule has 1 aromatic heterocycles. The number of rotatable bonds is 8. The minimum Gasteiger partial charge on any atom is -0.472 e. The molecular weight excluding hydrogens is 426 g/mol. The molecule has 0 saturated heterocycles. The summed E-state index contributed by atoms with van der Waals surface area (Å²) < 4.78 is 33.4. The Morgan fingerprint density at radius 3 is 2.61 bits per heavy atom. The van der Waals surface area contributed by atoms with Gasteiger partial charge in [-0.25, -0.2) is 8.78 Å². The van der Waals surface area contributed by atoms with E-state index in [1.807, 2.05) is 30.5 Å². The molecule has 4 rings (SSSR count). The summed E-state index contributed by atoms with van der Waals surface area (Å²) in [7, 11) is 0. The maximum Gasteiger partial charge on any atom is 0.269 e. The number of aromatic nitrogens is 2. The number of amides is 1. The smallest absolute Gasteiger partial charge is 0.269 e. The van der Waals surface area contributed by atoms with Crippen molar-refractivity contribution >= 4 is 5.91 Å². The van der Waals surface area contributed by atoms with E-state index in [2.05, 4.69) is 34.3 Å². The van der Waals surface area contributed by atoms with Gasteiger partial charge in [-0.05, 0) is 37.1 Å². The van der Waals surface area contributed by atoms with Crippen molar-refractivity contribution in [1.82, 2.24) is 20.4 Å². The van der Waals surface area contributed by atoms with Crippen LogP contribution < -0.4 is 5.32 Å². The predicted molar refractivity (Wildman–Crippen MR) is 121 cm³/mol. The summed E-state index contributed by atoms with van der Waals surface area (Å²) in [5, 5.41) is 9.47. The molecule has 0 spiro atoms. The summed E-state index contributed by atoms with van der Waals surface area (Å²) in [5.74, 6) is -1.91. The highest BCUT2D eigenvalue weighted by Crippen LogP contribution is 2.33. The number of hydrogen-bond donors (Lipinski definition) is 2. The first-order valence-electron chi connectivity index (χ1n) is 11.0. The third-order valence-electron chi connectivity index (χ3n) is 5.85. The quantitative estimate of drug-likeness (QED) is 0.488. The molecule has 3 aromatic rings. The molecular formula is C25H26F2N4O2. The Balaban J connectivity index is 1.48. The molecule has 2 N–H and O–H groups in total. The van der Waals surface area contributed by atoms with Gasteiger partial charge in [0.15, 0.2) is 6.23 Å². The predicted octanol–water partition coefficient (Wildman–Crippen LogP) is 5.28. The first-order chi connectivity index (χ1) is 16.0. The van der Waals surface area contributed by atoms with Crippen LogP contribution in [0.1, 0.15) is 54.5 Å². The van der Waals surface area contributed by atoms with Gasteiger partial charge in [0, 0.05) is 35.5 Å². The standard InChI is InChI=1S/C25H26F2N4O2/c1-3-18(4-2)31-11-12-33-25(31)17-8-5-7-16(13-17)22-14-23(30-29-22)24(32)28-15-19-20(26)9-6-10-21(19)27/h5-14,18,25H,3-4,15H2,1-2H3,(H,28,32)(H,29,30). The molecule has 2 aromatic carbocycles. The third-order valence-corrected chi connectivity index (χ3v) is 5.85. The molecule has 0 radical (unpaired) electrons. The minimum absolute atomic E-state index is 0.189. The van der Waals surface area contributed by atoms with Gasteiger partial charge in [-0.3, -0.25) is 9.89 Å². The topological polar surface area (TPSA) is 70.2 Å². The van der Waals surface area contributed by atoms with E-state index in [0.29, 0.717) is 11.7 Å². The Morgan fingerprint density at radius 1 is 1.15 bits per heavy atom. The number of H-pyrrole nitrogens is 1. The van der Waals surface area contributed by atoms with E-state index in [1.54, 1.807) is 12.3 Å². The fourth-order valence-corrected chi connectivity index (χ4v) is 4.01. The van der Waals surface area contributed by atoms with E-state index in [0.717, 1.165) is 36.1 Å². The number of nitrogens with one attached hydrogen (secondary N) is 2. The summed E-state index contributed by atoms with van der Waals surface area (Å²) >= 11 is 0. The lowest BCUT2D eigenvalue weighted by atomic mass is 10.0. The van der Waals surface area contributed by atoms with Gasteiger partial charge in [-0.1, -0.05) is 38.1 Å². The molecule has 0 bridgehead atoms. The van der Waals surface area contributed by atoms with Gasteiger partial charge in [0.25, 0.3) is 5.91 Å². The zero-order valence-corrected chi connectivity index (χ0v) is 18.5. The van der Waals surface area contributed by atoms with Crippen molar-refractivity contribution in [1.29, 1.82) is 0 Å². The van der Waals surface area contributed by atoms with Crippen LogP contribution in [0.4, 0.5) is 8.78 Å². The zero-order chi connectivity index (χ0) is 23.4. The highest BCUT2D eigenvalue weighted by atomic mass is 19.1. The van der Waals surface area contributed by atoms with Gasteiger partial charge in [0.1, 0.15) is 23.6 Å². The van der Waals surface area contributed by atoms with Crippen LogP contribution in [0.2, 0.25) is 0 Å². The van der Waals surface area contributed by atoms with Crippen LogP contribution in [-0.4, -0.2) is 27.0 Å². The number of benzene rings is 2. The fourth-order valence-electron chi connectivity index (χ4n) is 4.01. The summed E-state index contributed by atoms with van der Waals surface area (Å²) in [4.78, 5) is 14.7. The summed E-state index contributed by atoms with van der Waals surface area (Å²) in [6.07, 6.45) is 5.49. The van der Waals surface area contributed by atoms with Crippen LogP contribution in [0.15, 0.2) is 61.0 Å². The molecule has 172 valence electrons. The molecule has 0 saturated carbocycles. The maximum absolute atomic E-state index is 13.8. The van der Waals surface area contributed by atoms with Crippen molar-refractivity contribution in [3.63, 3.8) is 0 Å². The van der Waals surface area contributed by atoms with Crippen molar-refractivity contribution in [3.8, 4) is 11.3 Å². The highest BCUT2D eigenvalue weighted by molar-refractivity contribution is 5.93. The van der Waals surface area contributed by atoms with E-state index in [1.165, 1.54) is 6.07 Å². The number of ether oxygens (including phenoxy) is 1. The Kier molecular flexibility index (Phi) is 6.72.